The molecule has 0 fully saturated rings. The van der Waals surface area contributed by atoms with Gasteiger partial charge >= 0.3 is 0 Å². The maximum absolute atomic E-state index is 9.24. The lowest BCUT2D eigenvalue weighted by Crippen LogP contribution is -2.46. The molecule has 1 N–H and O–H groups in total. The van der Waals surface area contributed by atoms with Gasteiger partial charge in [-0.05, 0) is 73.3 Å². The van der Waals surface area contributed by atoms with Crippen molar-refractivity contribution in [3.8, 4) is 0 Å². The first-order chi connectivity index (χ1) is 11.9. The van der Waals surface area contributed by atoms with Crippen molar-refractivity contribution >= 4 is 25.2 Å². The Morgan fingerprint density at radius 3 is 2.20 bits per heavy atom. The molecule has 0 aliphatic rings. The molecular formula is C21H38O2SSi. The van der Waals surface area contributed by atoms with E-state index in [1.807, 2.05) is 0 Å². The molecule has 25 heavy (non-hydrogen) atoms. The molecule has 0 aliphatic carbocycles. The van der Waals surface area contributed by atoms with E-state index in [0.29, 0.717) is 0 Å². The van der Waals surface area contributed by atoms with Gasteiger partial charge in [0.2, 0.25) is 0 Å². The summed E-state index contributed by atoms with van der Waals surface area (Å²) < 4.78 is 6.96. The van der Waals surface area contributed by atoms with Gasteiger partial charge in [0.25, 0.3) is 0 Å². The Morgan fingerprint density at radius 2 is 1.76 bits per heavy atom. The number of aliphatic hydroxyl groups is 1. The summed E-state index contributed by atoms with van der Waals surface area (Å²) in [5, 5.41) is 11.4. The molecular weight excluding hydrogens is 344 g/mol. The van der Waals surface area contributed by atoms with E-state index in [0.717, 1.165) is 30.6 Å². The van der Waals surface area contributed by atoms with Crippen molar-refractivity contribution < 1.29 is 9.53 Å². The molecule has 1 heterocycles. The molecule has 0 radical (unpaired) electrons. The largest absolute Gasteiger partial charge is 0.411 e. The van der Waals surface area contributed by atoms with E-state index in [4.69, 9.17) is 4.43 Å². The summed E-state index contributed by atoms with van der Waals surface area (Å²) in [6.45, 7) is 13.8. The molecule has 0 atom stereocenters. The molecule has 0 aromatic carbocycles. The summed E-state index contributed by atoms with van der Waals surface area (Å²) in [5.74, 6) is 0. The Hall–Kier alpha value is -0.423. The second-order valence-electron chi connectivity index (χ2n) is 7.12. The van der Waals surface area contributed by atoms with Gasteiger partial charge in [0, 0.05) is 4.88 Å². The topological polar surface area (TPSA) is 29.5 Å². The van der Waals surface area contributed by atoms with Gasteiger partial charge in [-0.3, -0.25) is 0 Å². The lowest BCUT2D eigenvalue weighted by Gasteiger charge is -2.42. The van der Waals surface area contributed by atoms with Gasteiger partial charge in [-0.1, -0.05) is 40.7 Å². The van der Waals surface area contributed by atoms with Gasteiger partial charge in [-0.15, -0.1) is 11.3 Å². The van der Waals surface area contributed by atoms with Crippen LogP contribution in [0.5, 0.6) is 0 Å². The van der Waals surface area contributed by atoms with E-state index in [1.54, 1.807) is 11.3 Å². The van der Waals surface area contributed by atoms with Crippen LogP contribution in [0.1, 0.15) is 77.7 Å². The van der Waals surface area contributed by atoms with Crippen LogP contribution in [-0.4, -0.2) is 19.0 Å². The van der Waals surface area contributed by atoms with E-state index < -0.39 is 8.32 Å². The molecule has 0 amide bonds. The number of rotatable bonds is 12. The van der Waals surface area contributed by atoms with Crippen molar-refractivity contribution in [3.05, 3.63) is 28.0 Å². The Bertz CT molecular complexity index is 519. The fourth-order valence-corrected chi connectivity index (χ4v) is 7.61. The number of allylic oxidation sites excluding steroid dienone is 2. The minimum atomic E-state index is -1.58. The van der Waals surface area contributed by atoms with Gasteiger partial charge in [0.1, 0.15) is 0 Å². The minimum absolute atomic E-state index is 0.0376. The zero-order chi connectivity index (χ0) is 18.9. The van der Waals surface area contributed by atoms with Crippen LogP contribution >= 0.6 is 11.3 Å². The zero-order valence-corrected chi connectivity index (χ0v) is 19.0. The fourth-order valence-electron chi connectivity index (χ4n) is 3.56. The number of aliphatic hydroxyl groups excluding tert-OH is 1. The lowest BCUT2D eigenvalue weighted by molar-refractivity contribution is 0.0397. The van der Waals surface area contributed by atoms with Crippen LogP contribution < -0.4 is 0 Å². The number of hydrogen-bond donors (Lipinski definition) is 1. The van der Waals surface area contributed by atoms with Gasteiger partial charge in [0.05, 0.1) is 12.2 Å². The molecule has 1 aromatic heterocycles. The number of hydrogen-bond acceptors (Lipinski definition) is 3. The molecule has 0 unspecified atom stereocenters. The van der Waals surface area contributed by atoms with Crippen LogP contribution in [0.25, 0.3) is 5.57 Å². The molecule has 4 heteroatoms. The van der Waals surface area contributed by atoms with Crippen LogP contribution in [0.4, 0.5) is 0 Å². The highest BCUT2D eigenvalue weighted by Gasteiger charge is 2.38. The highest BCUT2D eigenvalue weighted by Crippen LogP contribution is 2.35. The van der Waals surface area contributed by atoms with Crippen molar-refractivity contribution in [2.75, 3.05) is 0 Å². The summed E-state index contributed by atoms with van der Waals surface area (Å²) in [6.07, 6.45) is 6.69. The number of thiophene rings is 1. The minimum Gasteiger partial charge on any atom is -0.411 e. The van der Waals surface area contributed by atoms with Crippen molar-refractivity contribution in [2.45, 2.75) is 97.6 Å². The average molecular weight is 383 g/mol. The van der Waals surface area contributed by atoms with Crippen LogP contribution in [0.15, 0.2) is 17.5 Å². The molecule has 2 nitrogen and oxygen atoms in total. The van der Waals surface area contributed by atoms with E-state index in [9.17, 15) is 5.11 Å². The third-order valence-corrected chi connectivity index (χ3v) is 11.6. The molecule has 144 valence electrons. The second kappa shape index (κ2) is 10.7. The third-order valence-electron chi connectivity index (χ3n) is 5.97. The summed E-state index contributed by atoms with van der Waals surface area (Å²) in [4.78, 5) is 1.03. The maximum atomic E-state index is 9.24. The summed E-state index contributed by atoms with van der Waals surface area (Å²) in [6, 6.07) is 5.75. The van der Waals surface area contributed by atoms with Crippen LogP contribution in [0.3, 0.4) is 0 Å². The lowest BCUT2D eigenvalue weighted by atomic mass is 9.91. The van der Waals surface area contributed by atoms with Crippen molar-refractivity contribution in [3.63, 3.8) is 0 Å². The highest BCUT2D eigenvalue weighted by molar-refractivity contribution is 7.10. The van der Waals surface area contributed by atoms with E-state index >= 15 is 0 Å². The first kappa shape index (κ1) is 22.6. The summed E-state index contributed by atoms with van der Waals surface area (Å²) in [7, 11) is -1.58. The monoisotopic (exact) mass is 382 g/mol. The molecule has 0 spiro atoms. The first-order valence-electron chi connectivity index (χ1n) is 9.99. The molecule has 0 saturated carbocycles. The van der Waals surface area contributed by atoms with Crippen LogP contribution in [-0.2, 0) is 11.0 Å². The van der Waals surface area contributed by atoms with Crippen molar-refractivity contribution in [1.82, 2.24) is 0 Å². The van der Waals surface area contributed by atoms with Crippen LogP contribution in [0.2, 0.25) is 18.1 Å². The highest BCUT2D eigenvalue weighted by atomic mass is 32.1. The van der Waals surface area contributed by atoms with E-state index in [2.05, 4.69) is 59.1 Å². The third kappa shape index (κ3) is 6.06. The van der Waals surface area contributed by atoms with Crippen LogP contribution in [0, 0.1) is 0 Å². The standard InChI is InChI=1S/C21H38O2SSi/c1-7-21(8-2,23-25(9-3,10-4)11-5)14-12-13-18(6)19-15-20(16-22)24-17-19/h13,15,17,22H,7-12,14,16H2,1-6H3/b18-13-. The quantitative estimate of drug-likeness (QED) is 0.394. The average Bonchev–Trinajstić information content (AvgIpc) is 3.14. The van der Waals surface area contributed by atoms with Crippen molar-refractivity contribution in [2.24, 2.45) is 0 Å². The van der Waals surface area contributed by atoms with Gasteiger partial charge in [-0.25, -0.2) is 0 Å². The molecule has 0 saturated heterocycles. The Kier molecular flexibility index (Phi) is 9.64. The predicted octanol–water partition coefficient (Wildman–Crippen LogP) is 7.00. The van der Waals surface area contributed by atoms with Crippen molar-refractivity contribution in [1.29, 1.82) is 0 Å². The van der Waals surface area contributed by atoms with Gasteiger partial charge < -0.3 is 9.53 Å². The van der Waals surface area contributed by atoms with E-state index in [-0.39, 0.29) is 12.2 Å². The normalized spacial score (nSPS) is 13.5. The van der Waals surface area contributed by atoms with Gasteiger partial charge in [-0.2, -0.15) is 0 Å². The smallest absolute Gasteiger partial charge is 0.192 e. The summed E-state index contributed by atoms with van der Waals surface area (Å²) >= 11 is 1.63. The maximum Gasteiger partial charge on any atom is 0.192 e. The Morgan fingerprint density at radius 1 is 1.16 bits per heavy atom. The van der Waals surface area contributed by atoms with Gasteiger partial charge in [0.15, 0.2) is 8.32 Å². The Labute approximate surface area is 160 Å². The summed E-state index contributed by atoms with van der Waals surface area (Å²) in [5.41, 5.74) is 2.59. The zero-order valence-electron chi connectivity index (χ0n) is 17.2. The van der Waals surface area contributed by atoms with E-state index in [1.165, 1.54) is 29.3 Å². The molecule has 1 aromatic rings. The Balaban J connectivity index is 2.81. The SMILES string of the molecule is CCC(CC)(CC/C=C(/C)c1csc(CO)c1)O[Si](CC)(CC)CC. The predicted molar refractivity (Wildman–Crippen MR) is 115 cm³/mol. The molecule has 1 rings (SSSR count). The fraction of sp³-hybridized carbons (Fsp3) is 0.714. The molecule has 0 aliphatic heterocycles. The molecule has 0 bridgehead atoms. The second-order valence-corrected chi connectivity index (χ2v) is 12.8. The first-order valence-corrected chi connectivity index (χ1v) is 13.4.